The van der Waals surface area contributed by atoms with Crippen molar-refractivity contribution in [1.82, 2.24) is 4.31 Å². The normalized spacial score (nSPS) is 18.5. The SMILES string of the molecule is O=C(Nc1ccccc1Br)[C@@H]1CCCCN1S(=O)(=O)c1ccc(F)cc1. The van der Waals surface area contributed by atoms with Crippen molar-refractivity contribution >= 4 is 37.5 Å². The summed E-state index contributed by atoms with van der Waals surface area (Å²) in [7, 11) is -3.88. The minimum Gasteiger partial charge on any atom is -0.324 e. The molecule has 3 rings (SSSR count). The number of hydrogen-bond donors (Lipinski definition) is 1. The van der Waals surface area contributed by atoms with Gasteiger partial charge in [0.05, 0.1) is 10.6 Å². The number of nitrogens with zero attached hydrogens (tertiary/aromatic N) is 1. The summed E-state index contributed by atoms with van der Waals surface area (Å²) < 4.78 is 41.0. The predicted octanol–water partition coefficient (Wildman–Crippen LogP) is 3.77. The Bertz CT molecular complexity index is 903. The van der Waals surface area contributed by atoms with Crippen LogP contribution in [0.25, 0.3) is 0 Å². The molecule has 138 valence electrons. The number of benzene rings is 2. The highest BCUT2D eigenvalue weighted by molar-refractivity contribution is 9.10. The van der Waals surface area contributed by atoms with Gasteiger partial charge in [-0.05, 0) is 65.2 Å². The van der Waals surface area contributed by atoms with Crippen LogP contribution < -0.4 is 5.32 Å². The second-order valence-electron chi connectivity index (χ2n) is 6.05. The molecule has 0 radical (unpaired) electrons. The molecule has 1 aliphatic heterocycles. The molecule has 2 aromatic carbocycles. The minimum absolute atomic E-state index is 0.0144. The number of piperidine rings is 1. The molecule has 0 spiro atoms. The molecular formula is C18H18BrFN2O3S. The number of sulfonamides is 1. The van der Waals surface area contributed by atoms with Gasteiger partial charge in [-0.15, -0.1) is 0 Å². The van der Waals surface area contributed by atoms with Gasteiger partial charge < -0.3 is 5.32 Å². The zero-order valence-electron chi connectivity index (χ0n) is 13.9. The third-order valence-electron chi connectivity index (χ3n) is 4.31. The van der Waals surface area contributed by atoms with Gasteiger partial charge in [0.1, 0.15) is 11.9 Å². The van der Waals surface area contributed by atoms with Crippen molar-refractivity contribution in [2.75, 3.05) is 11.9 Å². The highest BCUT2D eigenvalue weighted by Gasteiger charge is 2.37. The molecule has 0 saturated carbocycles. The number of nitrogens with one attached hydrogen (secondary N) is 1. The summed E-state index contributed by atoms with van der Waals surface area (Å²) in [5.41, 5.74) is 0.585. The average Bonchev–Trinajstić information content (AvgIpc) is 2.64. The number of para-hydroxylation sites is 1. The first-order valence-corrected chi connectivity index (χ1v) is 10.5. The van der Waals surface area contributed by atoms with Crippen LogP contribution in [0.2, 0.25) is 0 Å². The second kappa shape index (κ2) is 7.85. The van der Waals surface area contributed by atoms with Crippen molar-refractivity contribution in [2.45, 2.75) is 30.2 Å². The van der Waals surface area contributed by atoms with E-state index in [1.807, 2.05) is 6.07 Å². The first-order valence-electron chi connectivity index (χ1n) is 8.22. The highest BCUT2D eigenvalue weighted by atomic mass is 79.9. The van der Waals surface area contributed by atoms with Crippen LogP contribution >= 0.6 is 15.9 Å². The molecule has 1 heterocycles. The smallest absolute Gasteiger partial charge is 0.243 e. The van der Waals surface area contributed by atoms with Crippen LogP contribution in [0.15, 0.2) is 57.9 Å². The molecule has 26 heavy (non-hydrogen) atoms. The van der Waals surface area contributed by atoms with Crippen LogP contribution in [0.3, 0.4) is 0 Å². The van der Waals surface area contributed by atoms with E-state index in [1.54, 1.807) is 18.2 Å². The van der Waals surface area contributed by atoms with Crippen LogP contribution in [0.5, 0.6) is 0 Å². The monoisotopic (exact) mass is 440 g/mol. The fourth-order valence-electron chi connectivity index (χ4n) is 2.98. The van der Waals surface area contributed by atoms with Gasteiger partial charge in [0, 0.05) is 11.0 Å². The summed E-state index contributed by atoms with van der Waals surface area (Å²) in [5, 5.41) is 2.79. The van der Waals surface area contributed by atoms with E-state index in [1.165, 1.54) is 16.4 Å². The first-order chi connectivity index (χ1) is 12.4. The van der Waals surface area contributed by atoms with E-state index in [2.05, 4.69) is 21.2 Å². The number of hydrogen-bond acceptors (Lipinski definition) is 3. The summed E-state index contributed by atoms with van der Waals surface area (Å²) in [5.74, 6) is -0.881. The molecule has 0 aliphatic carbocycles. The van der Waals surface area contributed by atoms with E-state index in [0.717, 1.165) is 23.0 Å². The molecule has 0 bridgehead atoms. The fourth-order valence-corrected chi connectivity index (χ4v) is 5.02. The largest absolute Gasteiger partial charge is 0.324 e. The maximum Gasteiger partial charge on any atom is 0.243 e. The lowest BCUT2D eigenvalue weighted by Gasteiger charge is -2.33. The molecule has 1 N–H and O–H groups in total. The molecule has 0 unspecified atom stereocenters. The number of carbonyl (C=O) groups is 1. The molecule has 5 nitrogen and oxygen atoms in total. The quantitative estimate of drug-likeness (QED) is 0.786. The van der Waals surface area contributed by atoms with Gasteiger partial charge >= 0.3 is 0 Å². The van der Waals surface area contributed by atoms with Gasteiger partial charge in [0.2, 0.25) is 15.9 Å². The lowest BCUT2D eigenvalue weighted by molar-refractivity contribution is -0.120. The third kappa shape index (κ3) is 3.97. The topological polar surface area (TPSA) is 66.5 Å². The van der Waals surface area contributed by atoms with Crippen molar-refractivity contribution in [2.24, 2.45) is 0 Å². The van der Waals surface area contributed by atoms with Crippen LogP contribution in [-0.2, 0) is 14.8 Å². The van der Waals surface area contributed by atoms with Crippen molar-refractivity contribution < 1.29 is 17.6 Å². The molecule has 1 fully saturated rings. The van der Waals surface area contributed by atoms with Crippen LogP contribution in [-0.4, -0.2) is 31.2 Å². The average molecular weight is 441 g/mol. The molecule has 1 atom stereocenters. The van der Waals surface area contributed by atoms with E-state index < -0.39 is 21.9 Å². The van der Waals surface area contributed by atoms with Gasteiger partial charge in [-0.3, -0.25) is 4.79 Å². The number of carbonyl (C=O) groups excluding carboxylic acids is 1. The fraction of sp³-hybridized carbons (Fsp3) is 0.278. The van der Waals surface area contributed by atoms with Gasteiger partial charge in [0.25, 0.3) is 0 Å². The van der Waals surface area contributed by atoms with Crippen LogP contribution in [0.1, 0.15) is 19.3 Å². The van der Waals surface area contributed by atoms with Gasteiger partial charge in [-0.1, -0.05) is 18.6 Å². The number of amides is 1. The summed E-state index contributed by atoms with van der Waals surface area (Å²) in [6.45, 7) is 0.258. The molecule has 1 saturated heterocycles. The summed E-state index contributed by atoms with van der Waals surface area (Å²) in [4.78, 5) is 12.7. The van der Waals surface area contributed by atoms with Crippen LogP contribution in [0.4, 0.5) is 10.1 Å². The molecule has 1 aliphatic rings. The standard InChI is InChI=1S/C18H18BrFN2O3S/c19-15-5-1-2-6-16(15)21-18(23)17-7-3-4-12-22(17)26(24,25)14-10-8-13(20)9-11-14/h1-2,5-6,8-11,17H,3-4,7,12H2,(H,21,23)/t17-/m0/s1. The van der Waals surface area contributed by atoms with E-state index in [0.29, 0.717) is 18.5 Å². The van der Waals surface area contributed by atoms with Crippen molar-refractivity contribution in [3.8, 4) is 0 Å². The maximum absolute atomic E-state index is 13.1. The van der Waals surface area contributed by atoms with Crippen molar-refractivity contribution in [3.05, 3.63) is 58.8 Å². The Hall–Kier alpha value is -1.77. The van der Waals surface area contributed by atoms with E-state index >= 15 is 0 Å². The Balaban J connectivity index is 1.86. The molecule has 0 aromatic heterocycles. The van der Waals surface area contributed by atoms with Gasteiger partial charge in [0.15, 0.2) is 0 Å². The zero-order valence-corrected chi connectivity index (χ0v) is 16.3. The van der Waals surface area contributed by atoms with Crippen LogP contribution in [0, 0.1) is 5.82 Å². The second-order valence-corrected chi connectivity index (χ2v) is 8.80. The first kappa shape index (κ1) is 19.0. The Morgan fingerprint density at radius 3 is 2.50 bits per heavy atom. The van der Waals surface area contributed by atoms with E-state index in [4.69, 9.17) is 0 Å². The predicted molar refractivity (Wildman–Crippen MR) is 101 cm³/mol. The lowest BCUT2D eigenvalue weighted by Crippen LogP contribution is -2.49. The molecular weight excluding hydrogens is 423 g/mol. The third-order valence-corrected chi connectivity index (χ3v) is 6.92. The molecule has 2 aromatic rings. The van der Waals surface area contributed by atoms with E-state index in [9.17, 15) is 17.6 Å². The minimum atomic E-state index is -3.88. The number of rotatable bonds is 4. The Morgan fingerprint density at radius 1 is 1.12 bits per heavy atom. The zero-order chi connectivity index (χ0) is 18.7. The summed E-state index contributed by atoms with van der Waals surface area (Å²) >= 11 is 3.36. The lowest BCUT2D eigenvalue weighted by atomic mass is 10.0. The number of halogens is 2. The van der Waals surface area contributed by atoms with Gasteiger partial charge in [-0.25, -0.2) is 12.8 Å². The number of anilines is 1. The maximum atomic E-state index is 13.1. The molecule has 8 heteroatoms. The van der Waals surface area contributed by atoms with Crippen molar-refractivity contribution in [1.29, 1.82) is 0 Å². The Labute approximate surface area is 160 Å². The Morgan fingerprint density at radius 2 is 1.81 bits per heavy atom. The van der Waals surface area contributed by atoms with Crippen molar-refractivity contribution in [3.63, 3.8) is 0 Å². The summed E-state index contributed by atoms with van der Waals surface area (Å²) in [6, 6.07) is 11.0. The highest BCUT2D eigenvalue weighted by Crippen LogP contribution is 2.28. The Kier molecular flexibility index (Phi) is 5.74. The molecule has 1 amide bonds. The summed E-state index contributed by atoms with van der Waals surface area (Å²) in [6.07, 6.45) is 1.89. The van der Waals surface area contributed by atoms with Gasteiger partial charge in [-0.2, -0.15) is 4.31 Å². The van der Waals surface area contributed by atoms with E-state index in [-0.39, 0.29) is 17.3 Å².